The van der Waals surface area contributed by atoms with Crippen LogP contribution in [0.3, 0.4) is 0 Å². The van der Waals surface area contributed by atoms with Crippen molar-refractivity contribution < 1.29 is 46.3 Å². The van der Waals surface area contributed by atoms with Crippen LogP contribution in [0.4, 0.5) is 33.7 Å². The van der Waals surface area contributed by atoms with Crippen molar-refractivity contribution in [2.75, 3.05) is 17.2 Å². The van der Waals surface area contributed by atoms with E-state index in [-0.39, 0.29) is 30.2 Å². The average Bonchev–Trinajstić information content (AvgIpc) is 3.75. The zero-order chi connectivity index (χ0) is 45.7. The number of aryl methyl sites for hydroxylation is 2. The van der Waals surface area contributed by atoms with Gasteiger partial charge in [-0.15, -0.1) is 0 Å². The predicted octanol–water partition coefficient (Wildman–Crippen LogP) is 11.3. The van der Waals surface area contributed by atoms with Crippen molar-refractivity contribution >= 4 is 41.1 Å². The van der Waals surface area contributed by atoms with Crippen molar-refractivity contribution in [2.24, 2.45) is 5.92 Å². The van der Waals surface area contributed by atoms with Gasteiger partial charge < -0.3 is 20.3 Å². The van der Waals surface area contributed by atoms with Gasteiger partial charge in [0, 0.05) is 42.7 Å². The van der Waals surface area contributed by atoms with E-state index < -0.39 is 54.6 Å². The van der Waals surface area contributed by atoms with E-state index in [0.29, 0.717) is 51.6 Å². The highest BCUT2D eigenvalue weighted by molar-refractivity contribution is 6.06. The highest BCUT2D eigenvalue weighted by atomic mass is 19.4. The summed E-state index contributed by atoms with van der Waals surface area (Å²) < 4.78 is 60.5. The molecule has 1 saturated carbocycles. The lowest BCUT2D eigenvalue weighted by Gasteiger charge is -2.31. The zero-order valence-corrected chi connectivity index (χ0v) is 36.9. The first-order chi connectivity index (χ1) is 30.7. The summed E-state index contributed by atoms with van der Waals surface area (Å²) in [4.78, 5) is 66.7. The number of ether oxygens (including phenoxy) is 1. The normalized spacial score (nSPS) is 17.9. The molecule has 2 N–H and O–H groups in total. The number of fused-ring (bicyclic) bond motifs is 2. The second kappa shape index (κ2) is 22.6. The van der Waals surface area contributed by atoms with Crippen LogP contribution in [0.2, 0.25) is 0 Å². The highest BCUT2D eigenvalue weighted by Crippen LogP contribution is 2.46. The summed E-state index contributed by atoms with van der Waals surface area (Å²) in [5.41, 5.74) is 1.56. The molecule has 10 nitrogen and oxygen atoms in total. The summed E-state index contributed by atoms with van der Waals surface area (Å²) in [7, 11) is 0. The number of alkyl halides is 3. The summed E-state index contributed by atoms with van der Waals surface area (Å²) >= 11 is 0. The van der Waals surface area contributed by atoms with Gasteiger partial charge >= 0.3 is 12.3 Å². The number of hydrogen-bond donors (Lipinski definition) is 2. The minimum absolute atomic E-state index is 0.00547. The second-order valence-corrected chi connectivity index (χ2v) is 17.8. The number of amides is 5. The number of anilines is 2. The number of rotatable bonds is 22. The summed E-state index contributed by atoms with van der Waals surface area (Å²) in [5, 5.41) is 5.83. The molecule has 2 fully saturated rings. The van der Waals surface area contributed by atoms with Crippen LogP contribution in [0, 0.1) is 11.7 Å². The number of carbonyl (C=O) groups excluding carboxylic acids is 5. The van der Waals surface area contributed by atoms with Crippen molar-refractivity contribution in [3.05, 3.63) is 94.8 Å². The van der Waals surface area contributed by atoms with Crippen molar-refractivity contribution in [2.45, 2.75) is 160 Å². The number of unbranched alkanes of at least 4 members (excludes halogenated alkanes) is 8. The predicted molar refractivity (Wildman–Crippen MR) is 236 cm³/mol. The van der Waals surface area contributed by atoms with E-state index in [4.69, 9.17) is 4.74 Å². The van der Waals surface area contributed by atoms with Gasteiger partial charge in [-0.2, -0.15) is 13.2 Å². The van der Waals surface area contributed by atoms with Crippen molar-refractivity contribution in [3.8, 4) is 0 Å². The fraction of sp³-hybridized carbons (Fsp3) is 0.540. The van der Waals surface area contributed by atoms with Crippen molar-refractivity contribution in [3.63, 3.8) is 0 Å². The molecular formula is C50H62F4N4O6. The van der Waals surface area contributed by atoms with Gasteiger partial charge in [-0.3, -0.25) is 19.2 Å². The lowest BCUT2D eigenvalue weighted by Crippen LogP contribution is -2.51. The van der Waals surface area contributed by atoms with Crippen LogP contribution in [0.15, 0.2) is 66.7 Å². The average molecular weight is 891 g/mol. The third kappa shape index (κ3) is 13.2. The Hall–Kier alpha value is -5.27. The first-order valence-corrected chi connectivity index (χ1v) is 23.2. The largest absolute Gasteiger partial charge is 0.427 e. The number of halogens is 4. The molecule has 3 aromatic rings. The topological polar surface area (TPSA) is 125 Å². The molecule has 1 heterocycles. The van der Waals surface area contributed by atoms with Crippen LogP contribution in [-0.2, 0) is 48.9 Å². The van der Waals surface area contributed by atoms with E-state index in [9.17, 15) is 41.5 Å². The third-order valence-electron chi connectivity index (χ3n) is 13.1. The van der Waals surface area contributed by atoms with Crippen molar-refractivity contribution in [1.29, 1.82) is 0 Å². The van der Waals surface area contributed by atoms with Gasteiger partial charge in [-0.25, -0.2) is 14.1 Å². The number of imide groups is 1. The molecule has 14 heteroatoms. The Labute approximate surface area is 373 Å². The molecule has 64 heavy (non-hydrogen) atoms. The van der Waals surface area contributed by atoms with Crippen molar-refractivity contribution in [1.82, 2.24) is 9.80 Å². The maximum Gasteiger partial charge on any atom is 0.418 e. The maximum absolute atomic E-state index is 13.8. The third-order valence-corrected chi connectivity index (χ3v) is 13.1. The number of carbonyl (C=O) groups is 5. The molecule has 1 unspecified atom stereocenters. The van der Waals surface area contributed by atoms with Gasteiger partial charge in [0.25, 0.3) is 5.91 Å². The Balaban J connectivity index is 0.896. The Morgan fingerprint density at radius 2 is 1.38 bits per heavy atom. The van der Waals surface area contributed by atoms with Gasteiger partial charge in [-0.05, 0) is 85.2 Å². The Morgan fingerprint density at radius 1 is 0.781 bits per heavy atom. The number of nitrogens with one attached hydrogen (secondary N) is 2. The molecule has 1 saturated heterocycles. The van der Waals surface area contributed by atoms with Gasteiger partial charge in [0.2, 0.25) is 23.3 Å². The quantitative estimate of drug-likeness (QED) is 0.0764. The molecular weight excluding hydrogens is 829 g/mol. The summed E-state index contributed by atoms with van der Waals surface area (Å²) in [6.07, 6.45) is 15.1. The smallest absolute Gasteiger partial charge is 0.418 e. The minimum Gasteiger partial charge on any atom is -0.427 e. The summed E-state index contributed by atoms with van der Waals surface area (Å²) in [5.74, 6) is -1.88. The SMILES string of the molecule is C[C@H](N(Cc1ccc(F)cc1)C(=O)CN1C(=O)OC2(CCc3cc(NC(=O)CCc4ccc(NC(=O)CCCCCCCCCCCC5CCCCC5)cc4)ccc32)C1=O)C(F)(F)F. The lowest BCUT2D eigenvalue weighted by atomic mass is 9.85. The van der Waals surface area contributed by atoms with E-state index >= 15 is 0 Å². The molecule has 3 aliphatic rings. The zero-order valence-electron chi connectivity index (χ0n) is 36.9. The van der Waals surface area contributed by atoms with Gasteiger partial charge in [-0.1, -0.05) is 120 Å². The second-order valence-electron chi connectivity index (χ2n) is 17.8. The highest BCUT2D eigenvalue weighted by Gasteiger charge is 2.58. The number of benzene rings is 3. The minimum atomic E-state index is -4.82. The van der Waals surface area contributed by atoms with E-state index in [1.807, 2.05) is 24.3 Å². The molecule has 2 aliphatic carbocycles. The van der Waals surface area contributed by atoms with Crippen LogP contribution >= 0.6 is 0 Å². The molecule has 0 bridgehead atoms. The molecule has 3 aromatic carbocycles. The Kier molecular flexibility index (Phi) is 17.0. The number of nitrogens with zero attached hydrogens (tertiary/aromatic N) is 2. The lowest BCUT2D eigenvalue weighted by molar-refractivity contribution is -0.187. The van der Waals surface area contributed by atoms with E-state index in [2.05, 4.69) is 10.6 Å². The fourth-order valence-electron chi connectivity index (χ4n) is 9.25. The molecule has 1 aliphatic heterocycles. The van der Waals surface area contributed by atoms with Crippen LogP contribution in [-0.4, -0.2) is 58.3 Å². The van der Waals surface area contributed by atoms with Gasteiger partial charge in [0.1, 0.15) is 18.4 Å². The Morgan fingerprint density at radius 3 is 2.05 bits per heavy atom. The monoisotopic (exact) mass is 890 g/mol. The maximum atomic E-state index is 13.8. The molecule has 0 aromatic heterocycles. The van der Waals surface area contributed by atoms with Gasteiger partial charge in [0.05, 0.1) is 0 Å². The van der Waals surface area contributed by atoms with Crippen LogP contribution in [0.1, 0.15) is 145 Å². The van der Waals surface area contributed by atoms with E-state index in [1.165, 1.54) is 89.2 Å². The molecule has 2 atom stereocenters. The van der Waals surface area contributed by atoms with E-state index in [0.717, 1.165) is 49.8 Å². The van der Waals surface area contributed by atoms with Gasteiger partial charge in [0.15, 0.2) is 0 Å². The standard InChI is InChI=1S/C50H62F4N4O6/c1-35(50(52,53)54)57(33-38-18-23-40(51)24-19-38)46(61)34-58-47(62)49(64-48(58)63)31-30-39-32-42(27-28-43(39)49)56-45(60)29-22-37-20-25-41(26-21-37)55-44(59)17-13-8-6-4-2-3-5-7-10-14-36-15-11-9-12-16-36/h18-21,23-28,32,35-36H,2-17,22,29-31,33-34H2,1H3,(H,55,59)(H,56,60)/t35-,49?/m0/s1. The first kappa shape index (κ1) is 48.2. The fourth-order valence-corrected chi connectivity index (χ4v) is 9.25. The van der Waals surface area contributed by atoms with E-state index in [1.54, 1.807) is 18.2 Å². The summed E-state index contributed by atoms with van der Waals surface area (Å²) in [6, 6.07) is 14.6. The summed E-state index contributed by atoms with van der Waals surface area (Å²) in [6.45, 7) is -0.730. The molecule has 5 amide bonds. The van der Waals surface area contributed by atoms with Crippen LogP contribution in [0.5, 0.6) is 0 Å². The molecule has 346 valence electrons. The van der Waals surface area contributed by atoms with Crippen LogP contribution in [0.25, 0.3) is 0 Å². The molecule has 6 rings (SSSR count). The molecule has 0 radical (unpaired) electrons. The van der Waals surface area contributed by atoms with Crippen LogP contribution < -0.4 is 10.6 Å². The number of hydrogen-bond acceptors (Lipinski definition) is 6. The Bertz CT molecular complexity index is 2070. The first-order valence-electron chi connectivity index (χ1n) is 23.2. The molecule has 1 spiro atoms.